The largest absolute Gasteiger partial charge is 0.385 e. The monoisotopic (exact) mass is 261 g/mol. The lowest BCUT2D eigenvalue weighted by Crippen LogP contribution is -2.03. The van der Waals surface area contributed by atoms with Crippen LogP contribution in [0.2, 0.25) is 0 Å². The number of hydrogen-bond acceptors (Lipinski definition) is 3. The Balaban J connectivity index is 1.88. The fourth-order valence-corrected chi connectivity index (χ4v) is 2.37. The van der Waals surface area contributed by atoms with Gasteiger partial charge in [0.15, 0.2) is 0 Å². The molecule has 0 bridgehead atoms. The third-order valence-electron chi connectivity index (χ3n) is 2.61. The van der Waals surface area contributed by atoms with Crippen molar-refractivity contribution in [2.24, 2.45) is 0 Å². The van der Waals surface area contributed by atoms with Gasteiger partial charge in [-0.25, -0.2) is 4.68 Å². The Morgan fingerprint density at radius 1 is 1.33 bits per heavy atom. The summed E-state index contributed by atoms with van der Waals surface area (Å²) in [5.74, 6) is 2.43. The molecule has 1 aromatic heterocycles. The summed E-state index contributed by atoms with van der Waals surface area (Å²) in [5, 5.41) is 7.69. The zero-order chi connectivity index (χ0) is 12.6. The molecule has 1 aromatic carbocycles. The number of thioether (sulfide) groups is 1. The van der Waals surface area contributed by atoms with E-state index in [4.69, 9.17) is 0 Å². The van der Waals surface area contributed by atoms with E-state index in [-0.39, 0.29) is 0 Å². The molecule has 0 aliphatic rings. The fourth-order valence-electron chi connectivity index (χ4n) is 1.73. The van der Waals surface area contributed by atoms with Gasteiger partial charge in [0, 0.05) is 24.6 Å². The summed E-state index contributed by atoms with van der Waals surface area (Å²) in [6, 6.07) is 10.3. The van der Waals surface area contributed by atoms with Gasteiger partial charge in [-0.3, -0.25) is 0 Å². The Morgan fingerprint density at radius 2 is 2.28 bits per heavy atom. The van der Waals surface area contributed by atoms with Crippen molar-refractivity contribution >= 4 is 17.4 Å². The lowest BCUT2D eigenvalue weighted by Gasteiger charge is -2.08. The fraction of sp³-hybridized carbons (Fsp3) is 0.357. The van der Waals surface area contributed by atoms with E-state index in [1.807, 2.05) is 28.7 Å². The number of nitrogens with zero attached hydrogens (tertiary/aromatic N) is 2. The summed E-state index contributed by atoms with van der Waals surface area (Å²) >= 11 is 1.99. The second kappa shape index (κ2) is 7.11. The second-order valence-electron chi connectivity index (χ2n) is 3.98. The molecule has 1 heterocycles. The van der Waals surface area contributed by atoms with Gasteiger partial charge in [-0.15, -0.1) is 0 Å². The number of hydrogen-bond donors (Lipinski definition) is 1. The highest BCUT2D eigenvalue weighted by molar-refractivity contribution is 7.99. The lowest BCUT2D eigenvalue weighted by molar-refractivity contribution is 0.880. The van der Waals surface area contributed by atoms with Crippen molar-refractivity contribution < 1.29 is 0 Å². The van der Waals surface area contributed by atoms with Crippen molar-refractivity contribution in [1.29, 1.82) is 0 Å². The molecule has 0 spiro atoms. The maximum Gasteiger partial charge on any atom is 0.0666 e. The van der Waals surface area contributed by atoms with Gasteiger partial charge in [-0.05, 0) is 42.2 Å². The van der Waals surface area contributed by atoms with Crippen LogP contribution in [0, 0.1) is 0 Å². The van der Waals surface area contributed by atoms with Crippen molar-refractivity contribution in [3.05, 3.63) is 42.7 Å². The number of rotatable bonds is 7. The van der Waals surface area contributed by atoms with Crippen molar-refractivity contribution in [1.82, 2.24) is 9.78 Å². The first-order chi connectivity index (χ1) is 8.90. The van der Waals surface area contributed by atoms with Gasteiger partial charge < -0.3 is 5.32 Å². The standard InChI is InChI=1S/C14H19N3S/c1-2-18-11-5-8-15-13-6-3-7-14(12-13)17-10-4-9-16-17/h3-4,6-7,9-10,12,15H,2,5,8,11H2,1H3. The van der Waals surface area contributed by atoms with Crippen LogP contribution >= 0.6 is 11.8 Å². The van der Waals surface area contributed by atoms with Crippen molar-refractivity contribution in [3.63, 3.8) is 0 Å². The molecular formula is C14H19N3S. The van der Waals surface area contributed by atoms with E-state index in [9.17, 15) is 0 Å². The summed E-state index contributed by atoms with van der Waals surface area (Å²) in [5.41, 5.74) is 2.25. The van der Waals surface area contributed by atoms with Crippen LogP contribution in [0.1, 0.15) is 13.3 Å². The van der Waals surface area contributed by atoms with Crippen LogP contribution in [0.15, 0.2) is 42.7 Å². The molecule has 0 radical (unpaired) electrons. The van der Waals surface area contributed by atoms with Crippen LogP contribution in [-0.2, 0) is 0 Å². The van der Waals surface area contributed by atoms with E-state index in [1.165, 1.54) is 17.9 Å². The Bertz CT molecular complexity index is 454. The van der Waals surface area contributed by atoms with Crippen molar-refractivity contribution in [2.75, 3.05) is 23.4 Å². The van der Waals surface area contributed by atoms with E-state index in [0.29, 0.717) is 0 Å². The first-order valence-corrected chi connectivity index (χ1v) is 7.47. The summed E-state index contributed by atoms with van der Waals surface area (Å²) in [6.45, 7) is 3.22. The molecule has 0 saturated carbocycles. The Hall–Kier alpha value is -1.42. The maximum absolute atomic E-state index is 4.23. The van der Waals surface area contributed by atoms with Crippen LogP contribution in [0.5, 0.6) is 0 Å². The molecule has 2 aromatic rings. The first-order valence-electron chi connectivity index (χ1n) is 6.32. The van der Waals surface area contributed by atoms with Crippen LogP contribution < -0.4 is 5.32 Å². The molecule has 96 valence electrons. The molecule has 4 heteroatoms. The van der Waals surface area contributed by atoms with E-state index in [0.717, 1.165) is 17.9 Å². The highest BCUT2D eigenvalue weighted by Gasteiger charge is 1.97. The predicted molar refractivity (Wildman–Crippen MR) is 79.7 cm³/mol. The smallest absolute Gasteiger partial charge is 0.0666 e. The van der Waals surface area contributed by atoms with Crippen molar-refractivity contribution in [2.45, 2.75) is 13.3 Å². The molecule has 0 unspecified atom stereocenters. The van der Waals surface area contributed by atoms with E-state index in [2.05, 4.69) is 41.6 Å². The van der Waals surface area contributed by atoms with E-state index in [1.54, 1.807) is 6.20 Å². The zero-order valence-electron chi connectivity index (χ0n) is 10.7. The SMILES string of the molecule is CCSCCCNc1cccc(-n2cccn2)c1. The second-order valence-corrected chi connectivity index (χ2v) is 5.37. The summed E-state index contributed by atoms with van der Waals surface area (Å²) in [7, 11) is 0. The van der Waals surface area contributed by atoms with Gasteiger partial charge in [-0.1, -0.05) is 13.0 Å². The number of anilines is 1. The maximum atomic E-state index is 4.23. The topological polar surface area (TPSA) is 29.9 Å². The quantitative estimate of drug-likeness (QED) is 0.774. The average molecular weight is 261 g/mol. The minimum absolute atomic E-state index is 1.02. The van der Waals surface area contributed by atoms with Gasteiger partial charge in [0.25, 0.3) is 0 Å². The Kier molecular flexibility index (Phi) is 5.15. The average Bonchev–Trinajstić information content (AvgIpc) is 2.93. The van der Waals surface area contributed by atoms with Gasteiger partial charge in [0.2, 0.25) is 0 Å². The van der Waals surface area contributed by atoms with Gasteiger partial charge in [-0.2, -0.15) is 16.9 Å². The van der Waals surface area contributed by atoms with Crippen LogP contribution in [0.4, 0.5) is 5.69 Å². The minimum atomic E-state index is 1.02. The Morgan fingerprint density at radius 3 is 3.06 bits per heavy atom. The normalized spacial score (nSPS) is 10.5. The number of nitrogens with one attached hydrogen (secondary N) is 1. The van der Waals surface area contributed by atoms with E-state index >= 15 is 0 Å². The van der Waals surface area contributed by atoms with Gasteiger partial charge >= 0.3 is 0 Å². The van der Waals surface area contributed by atoms with Crippen molar-refractivity contribution in [3.8, 4) is 5.69 Å². The molecule has 18 heavy (non-hydrogen) atoms. The lowest BCUT2D eigenvalue weighted by atomic mass is 10.2. The number of benzene rings is 1. The summed E-state index contributed by atoms with van der Waals surface area (Å²) in [4.78, 5) is 0. The predicted octanol–water partition coefficient (Wildman–Crippen LogP) is 3.43. The van der Waals surface area contributed by atoms with Gasteiger partial charge in [0.05, 0.1) is 5.69 Å². The van der Waals surface area contributed by atoms with Crippen LogP contribution in [0.25, 0.3) is 5.69 Å². The molecule has 0 amide bonds. The third-order valence-corrected chi connectivity index (χ3v) is 3.60. The Labute approximate surface area is 113 Å². The molecular weight excluding hydrogens is 242 g/mol. The molecule has 1 N–H and O–H groups in total. The highest BCUT2D eigenvalue weighted by Crippen LogP contribution is 2.14. The molecule has 0 saturated heterocycles. The minimum Gasteiger partial charge on any atom is -0.385 e. The molecule has 2 rings (SSSR count). The number of aromatic nitrogens is 2. The third kappa shape index (κ3) is 3.81. The summed E-state index contributed by atoms with van der Waals surface area (Å²) < 4.78 is 1.87. The summed E-state index contributed by atoms with van der Waals surface area (Å²) in [6.07, 6.45) is 4.95. The zero-order valence-corrected chi connectivity index (χ0v) is 11.5. The molecule has 0 aliphatic heterocycles. The van der Waals surface area contributed by atoms with Crippen LogP contribution in [-0.4, -0.2) is 27.8 Å². The molecule has 0 atom stereocenters. The van der Waals surface area contributed by atoms with E-state index < -0.39 is 0 Å². The molecule has 3 nitrogen and oxygen atoms in total. The molecule has 0 aliphatic carbocycles. The highest BCUT2D eigenvalue weighted by atomic mass is 32.2. The van der Waals surface area contributed by atoms with Crippen LogP contribution in [0.3, 0.4) is 0 Å². The van der Waals surface area contributed by atoms with Gasteiger partial charge in [0.1, 0.15) is 0 Å². The first kappa shape index (κ1) is 13.0. The molecule has 0 fully saturated rings.